The van der Waals surface area contributed by atoms with E-state index in [0.717, 1.165) is 17.0 Å². The normalized spacial score (nSPS) is 18.8. The van der Waals surface area contributed by atoms with Gasteiger partial charge in [-0.15, -0.1) is 0 Å². The molecule has 154 valence electrons. The lowest BCUT2D eigenvalue weighted by molar-refractivity contribution is -0.159. The number of esters is 1. The molecule has 0 spiro atoms. The van der Waals surface area contributed by atoms with Crippen LogP contribution in [-0.2, 0) is 29.1 Å². The van der Waals surface area contributed by atoms with Gasteiger partial charge in [-0.25, -0.2) is 13.2 Å². The number of carbonyl (C=O) groups is 3. The Morgan fingerprint density at radius 1 is 1.18 bits per heavy atom. The van der Waals surface area contributed by atoms with E-state index < -0.39 is 40.1 Å². The summed E-state index contributed by atoms with van der Waals surface area (Å²) in [6.07, 6.45) is -0.697. The number of hydrogen-bond donors (Lipinski definition) is 1. The van der Waals surface area contributed by atoms with Gasteiger partial charge in [-0.1, -0.05) is 17.7 Å². The Labute approximate surface area is 164 Å². The highest BCUT2D eigenvalue weighted by Crippen LogP contribution is 2.26. The molecule has 0 aromatic heterocycles. The van der Waals surface area contributed by atoms with Crippen molar-refractivity contribution in [3.8, 4) is 0 Å². The van der Waals surface area contributed by atoms with Crippen molar-refractivity contribution in [3.63, 3.8) is 0 Å². The van der Waals surface area contributed by atoms with Gasteiger partial charge in [-0.05, 0) is 45.2 Å². The van der Waals surface area contributed by atoms with Gasteiger partial charge in [0.2, 0.25) is 10.0 Å². The van der Waals surface area contributed by atoms with Crippen molar-refractivity contribution in [2.45, 2.75) is 50.2 Å². The lowest BCUT2D eigenvalue weighted by Crippen LogP contribution is -2.50. The number of sulfonamides is 1. The van der Waals surface area contributed by atoms with Gasteiger partial charge in [-0.3, -0.25) is 14.9 Å². The molecule has 0 aliphatic carbocycles. The van der Waals surface area contributed by atoms with Crippen LogP contribution in [0.1, 0.15) is 31.7 Å². The third-order valence-electron chi connectivity index (χ3n) is 4.43. The second-order valence-corrected chi connectivity index (χ2v) is 8.39. The van der Waals surface area contributed by atoms with E-state index in [2.05, 4.69) is 4.74 Å². The van der Waals surface area contributed by atoms with Crippen molar-refractivity contribution in [2.24, 2.45) is 0 Å². The first-order valence-electron chi connectivity index (χ1n) is 8.84. The average molecular weight is 412 g/mol. The molecule has 9 nitrogen and oxygen atoms in total. The van der Waals surface area contributed by atoms with Gasteiger partial charge in [-0.2, -0.15) is 4.31 Å². The largest absolute Gasteiger partial charge is 0.453 e. The number of methoxy groups -OCH3 is 1. The molecular weight excluding hydrogens is 388 g/mol. The van der Waals surface area contributed by atoms with Crippen molar-refractivity contribution in [3.05, 3.63) is 29.8 Å². The number of alkyl carbamates (subject to hydrolysis) is 1. The number of amides is 2. The highest BCUT2D eigenvalue weighted by atomic mass is 32.2. The van der Waals surface area contributed by atoms with Crippen LogP contribution >= 0.6 is 0 Å². The predicted octanol–water partition coefficient (Wildman–Crippen LogP) is 1.35. The number of imide groups is 1. The molecule has 0 bridgehead atoms. The first kappa shape index (κ1) is 21.8. The summed E-state index contributed by atoms with van der Waals surface area (Å²) >= 11 is 0. The van der Waals surface area contributed by atoms with Crippen LogP contribution in [0.15, 0.2) is 29.2 Å². The molecule has 10 heteroatoms. The minimum atomic E-state index is -3.89. The van der Waals surface area contributed by atoms with E-state index in [1.807, 2.05) is 12.2 Å². The third kappa shape index (κ3) is 5.08. The number of rotatable bonds is 5. The summed E-state index contributed by atoms with van der Waals surface area (Å²) in [4.78, 5) is 35.6. The fourth-order valence-corrected chi connectivity index (χ4v) is 4.48. The Kier molecular flexibility index (Phi) is 7.14. The molecule has 2 atom stereocenters. The van der Waals surface area contributed by atoms with E-state index >= 15 is 0 Å². The molecule has 1 aliphatic heterocycles. The van der Waals surface area contributed by atoms with Crippen molar-refractivity contribution in [1.82, 2.24) is 9.62 Å². The lowest BCUT2D eigenvalue weighted by Gasteiger charge is -2.33. The molecule has 2 amide bonds. The standard InChI is InChI=1S/C18H24N2O7S/c1-12-7-9-14(10-8-12)28(24,25)20-11-5-4-6-15(20)17(22)27-13(2)16(21)19-18(23)26-3/h7-10,13,15H,4-6,11H2,1-3H3,(H,19,21,23)/t13-,15-/m0/s1. The number of benzene rings is 1. The van der Waals surface area contributed by atoms with Crippen LogP contribution in [0, 0.1) is 6.92 Å². The van der Waals surface area contributed by atoms with Crippen LogP contribution in [0.4, 0.5) is 4.79 Å². The average Bonchev–Trinajstić information content (AvgIpc) is 2.68. The van der Waals surface area contributed by atoms with Crippen LogP contribution in [0.2, 0.25) is 0 Å². The molecule has 2 rings (SSSR count). The number of ether oxygens (including phenoxy) is 2. The van der Waals surface area contributed by atoms with E-state index in [1.165, 1.54) is 19.1 Å². The zero-order valence-corrected chi connectivity index (χ0v) is 16.8. The van der Waals surface area contributed by atoms with Gasteiger partial charge in [0.05, 0.1) is 12.0 Å². The Morgan fingerprint density at radius 2 is 1.82 bits per heavy atom. The van der Waals surface area contributed by atoms with Gasteiger partial charge in [0.1, 0.15) is 6.04 Å². The van der Waals surface area contributed by atoms with Crippen molar-refractivity contribution < 1.29 is 32.3 Å². The monoisotopic (exact) mass is 412 g/mol. The van der Waals surface area contributed by atoms with E-state index in [4.69, 9.17) is 4.74 Å². The number of aryl methyl sites for hydroxylation is 1. The summed E-state index contributed by atoms with van der Waals surface area (Å²) in [5.41, 5.74) is 0.916. The highest BCUT2D eigenvalue weighted by Gasteiger charge is 2.39. The SMILES string of the molecule is COC(=O)NC(=O)[C@H](C)OC(=O)[C@@H]1CCCCN1S(=O)(=O)c1ccc(C)cc1. The summed E-state index contributed by atoms with van der Waals surface area (Å²) in [5.74, 6) is -1.69. The number of carbonyl (C=O) groups excluding carboxylic acids is 3. The lowest BCUT2D eigenvalue weighted by atomic mass is 10.1. The first-order chi connectivity index (χ1) is 13.2. The summed E-state index contributed by atoms with van der Waals surface area (Å²) < 4.78 is 36.5. The molecule has 0 radical (unpaired) electrons. The van der Waals surface area contributed by atoms with E-state index in [1.54, 1.807) is 12.1 Å². The zero-order chi connectivity index (χ0) is 20.9. The van der Waals surface area contributed by atoms with E-state index in [9.17, 15) is 22.8 Å². The summed E-state index contributed by atoms with van der Waals surface area (Å²) in [5, 5.41) is 1.90. The predicted molar refractivity (Wildman–Crippen MR) is 98.8 cm³/mol. The van der Waals surface area contributed by atoms with Crippen molar-refractivity contribution in [1.29, 1.82) is 0 Å². The van der Waals surface area contributed by atoms with Gasteiger partial charge < -0.3 is 9.47 Å². The molecule has 1 heterocycles. The highest BCUT2D eigenvalue weighted by molar-refractivity contribution is 7.89. The number of nitrogens with one attached hydrogen (secondary N) is 1. The Bertz CT molecular complexity index is 836. The van der Waals surface area contributed by atoms with Crippen LogP contribution in [0.5, 0.6) is 0 Å². The van der Waals surface area contributed by atoms with Crippen molar-refractivity contribution in [2.75, 3.05) is 13.7 Å². The van der Waals surface area contributed by atoms with Crippen LogP contribution in [-0.4, -0.2) is 56.5 Å². The Balaban J connectivity index is 2.15. The first-order valence-corrected chi connectivity index (χ1v) is 10.3. The molecule has 1 N–H and O–H groups in total. The number of piperidine rings is 1. The number of nitrogens with zero attached hydrogens (tertiary/aromatic N) is 1. The van der Waals surface area contributed by atoms with Crippen LogP contribution < -0.4 is 5.32 Å². The van der Waals surface area contributed by atoms with E-state index in [-0.39, 0.29) is 17.9 Å². The zero-order valence-electron chi connectivity index (χ0n) is 16.0. The van der Waals surface area contributed by atoms with Gasteiger partial charge in [0.25, 0.3) is 5.91 Å². The topological polar surface area (TPSA) is 119 Å². The molecule has 1 saturated heterocycles. The number of hydrogen-bond acceptors (Lipinski definition) is 7. The van der Waals surface area contributed by atoms with Gasteiger partial charge in [0, 0.05) is 6.54 Å². The molecule has 0 unspecified atom stereocenters. The minimum absolute atomic E-state index is 0.0919. The fraction of sp³-hybridized carbons (Fsp3) is 0.500. The summed E-state index contributed by atoms with van der Waals surface area (Å²) in [6, 6.07) is 5.32. The van der Waals surface area contributed by atoms with Gasteiger partial charge >= 0.3 is 12.1 Å². The second kappa shape index (κ2) is 9.16. The molecule has 1 fully saturated rings. The van der Waals surface area contributed by atoms with Gasteiger partial charge in [0.15, 0.2) is 6.10 Å². The second-order valence-electron chi connectivity index (χ2n) is 6.50. The molecule has 1 aromatic rings. The van der Waals surface area contributed by atoms with Crippen LogP contribution in [0.3, 0.4) is 0 Å². The maximum Gasteiger partial charge on any atom is 0.413 e. The minimum Gasteiger partial charge on any atom is -0.453 e. The summed E-state index contributed by atoms with van der Waals surface area (Å²) in [6.45, 7) is 3.31. The maximum absolute atomic E-state index is 13.0. The quantitative estimate of drug-likeness (QED) is 0.725. The molecule has 1 aliphatic rings. The molecule has 0 saturated carbocycles. The van der Waals surface area contributed by atoms with Crippen LogP contribution in [0.25, 0.3) is 0 Å². The van der Waals surface area contributed by atoms with E-state index in [0.29, 0.717) is 12.8 Å². The van der Waals surface area contributed by atoms with Crippen molar-refractivity contribution >= 4 is 28.0 Å². The summed E-state index contributed by atoms with van der Waals surface area (Å²) in [7, 11) is -2.80. The molecule has 1 aromatic carbocycles. The molecular formula is C18H24N2O7S. The smallest absolute Gasteiger partial charge is 0.413 e. The Morgan fingerprint density at radius 3 is 2.43 bits per heavy atom. The Hall–Kier alpha value is -2.46. The fourth-order valence-electron chi connectivity index (χ4n) is 2.83. The third-order valence-corrected chi connectivity index (χ3v) is 6.35. The molecule has 28 heavy (non-hydrogen) atoms. The maximum atomic E-state index is 13.0.